The van der Waals surface area contributed by atoms with Crippen LogP contribution in [0.5, 0.6) is 5.75 Å². The monoisotopic (exact) mass is 411 g/mol. The normalized spacial score (nSPS) is 11.6. The van der Waals surface area contributed by atoms with Gasteiger partial charge in [0.15, 0.2) is 5.75 Å². The molecule has 1 aromatic heterocycles. The van der Waals surface area contributed by atoms with Crippen molar-refractivity contribution >= 4 is 28.6 Å². The molecule has 0 atom stereocenters. The second-order valence-electron chi connectivity index (χ2n) is 3.42. The quantitative estimate of drug-likeness (QED) is 0.331. The second kappa shape index (κ2) is 6.50. The number of hydrogen-bond donors (Lipinski definition) is 0. The van der Waals surface area contributed by atoms with E-state index in [1.165, 1.54) is 22.6 Å². The van der Waals surface area contributed by atoms with E-state index in [1.54, 1.807) is 0 Å². The van der Waals surface area contributed by atoms with E-state index in [0.717, 1.165) is 7.11 Å². The molecule has 0 N–H and O–H groups in total. The number of carbonyl (C=O) groups excluding carboxylic acids is 1. The van der Waals surface area contributed by atoms with Crippen molar-refractivity contribution in [1.82, 2.24) is 4.98 Å². The summed E-state index contributed by atoms with van der Waals surface area (Å²) in [6, 6.07) is 0.709. The van der Waals surface area contributed by atoms with Crippen molar-refractivity contribution in [3.8, 4) is 5.75 Å². The number of methoxy groups -OCH3 is 1. The molecule has 20 heavy (non-hydrogen) atoms. The third-order valence-corrected chi connectivity index (χ3v) is 2.82. The number of carbonyl (C=O) groups is 1. The smallest absolute Gasteiger partial charge is 0.469 e. The van der Waals surface area contributed by atoms with Crippen LogP contribution >= 0.6 is 22.6 Å². The maximum atomic E-state index is 12.8. The maximum Gasteiger partial charge on any atom is 0.573 e. The van der Waals surface area contributed by atoms with Crippen molar-refractivity contribution in [2.45, 2.75) is 19.2 Å². The Bertz CT molecular complexity index is 506. The maximum absolute atomic E-state index is 12.8. The fourth-order valence-electron chi connectivity index (χ4n) is 1.28. The van der Waals surface area contributed by atoms with E-state index in [2.05, 4.69) is 14.5 Å². The van der Waals surface area contributed by atoms with Gasteiger partial charge < -0.3 is 9.47 Å². The summed E-state index contributed by atoms with van der Waals surface area (Å²) in [5.74, 6) is -1.63. The molecule has 0 amide bonds. The van der Waals surface area contributed by atoms with Crippen molar-refractivity contribution in [2.75, 3.05) is 7.11 Å². The minimum absolute atomic E-state index is 0.383. The van der Waals surface area contributed by atoms with Crippen molar-refractivity contribution in [1.29, 1.82) is 0 Å². The number of esters is 1. The van der Waals surface area contributed by atoms with Gasteiger partial charge in [-0.25, -0.2) is 13.8 Å². The van der Waals surface area contributed by atoms with Crippen LogP contribution in [0.15, 0.2) is 6.07 Å². The average Bonchev–Trinajstić information content (AvgIpc) is 2.30. The van der Waals surface area contributed by atoms with Crippen LogP contribution in [0.1, 0.15) is 17.7 Å². The lowest BCUT2D eigenvalue weighted by Gasteiger charge is -2.14. The molecule has 1 heterocycles. The van der Waals surface area contributed by atoms with Crippen LogP contribution in [0.4, 0.5) is 22.0 Å². The Hall–Kier alpha value is -1.20. The lowest BCUT2D eigenvalue weighted by atomic mass is 10.1. The van der Waals surface area contributed by atoms with Gasteiger partial charge in [0.05, 0.1) is 13.5 Å². The SMILES string of the molecule is COC(=O)Cc1cc(OC(F)(F)F)c(I)nc1C(F)F. The molecule has 10 heteroatoms. The van der Waals surface area contributed by atoms with Gasteiger partial charge >= 0.3 is 12.3 Å². The third kappa shape index (κ3) is 4.72. The molecule has 0 aliphatic rings. The van der Waals surface area contributed by atoms with E-state index < -0.39 is 36.6 Å². The van der Waals surface area contributed by atoms with Crippen molar-refractivity contribution in [3.05, 3.63) is 21.0 Å². The molecule has 0 saturated carbocycles. The standard InChI is InChI=1S/C10H7F5INO3/c1-19-6(18)3-4-2-5(20-10(13,14)15)9(16)17-7(4)8(11)12/h2,8H,3H2,1H3. The highest BCUT2D eigenvalue weighted by Crippen LogP contribution is 2.31. The number of aromatic nitrogens is 1. The molecule has 0 bridgehead atoms. The average molecular weight is 411 g/mol. The summed E-state index contributed by atoms with van der Waals surface area (Å²) in [5.41, 5.74) is -1.17. The van der Waals surface area contributed by atoms with Gasteiger partial charge in [0.1, 0.15) is 9.39 Å². The van der Waals surface area contributed by atoms with Gasteiger partial charge in [-0.3, -0.25) is 4.79 Å². The van der Waals surface area contributed by atoms with E-state index in [9.17, 15) is 26.7 Å². The Morgan fingerprint density at radius 3 is 2.50 bits per heavy atom. The highest BCUT2D eigenvalue weighted by atomic mass is 127. The molecule has 0 aliphatic carbocycles. The number of nitrogens with zero attached hydrogens (tertiary/aromatic N) is 1. The van der Waals surface area contributed by atoms with E-state index in [-0.39, 0.29) is 9.26 Å². The molecule has 0 spiro atoms. The second-order valence-corrected chi connectivity index (χ2v) is 4.44. The molecule has 0 radical (unpaired) electrons. The zero-order chi connectivity index (χ0) is 15.5. The first-order valence-electron chi connectivity index (χ1n) is 4.94. The highest BCUT2D eigenvalue weighted by Gasteiger charge is 2.33. The lowest BCUT2D eigenvalue weighted by molar-refractivity contribution is -0.275. The number of pyridine rings is 1. The Kier molecular flexibility index (Phi) is 5.48. The van der Waals surface area contributed by atoms with E-state index in [4.69, 9.17) is 0 Å². The molecule has 1 aromatic rings. The fourth-order valence-corrected chi connectivity index (χ4v) is 1.80. The van der Waals surface area contributed by atoms with Gasteiger partial charge in [-0.2, -0.15) is 0 Å². The van der Waals surface area contributed by atoms with Crippen LogP contribution in [-0.2, 0) is 16.0 Å². The predicted octanol–water partition coefficient (Wildman–Crippen LogP) is 3.24. The van der Waals surface area contributed by atoms with Crippen LogP contribution in [0, 0.1) is 3.70 Å². The van der Waals surface area contributed by atoms with Crippen LogP contribution in [0.3, 0.4) is 0 Å². The number of halogens is 6. The minimum atomic E-state index is -4.99. The minimum Gasteiger partial charge on any atom is -0.469 e. The summed E-state index contributed by atoms with van der Waals surface area (Å²) in [7, 11) is 1.03. The molecule has 0 aliphatic heterocycles. The molecule has 112 valence electrons. The van der Waals surface area contributed by atoms with Crippen LogP contribution < -0.4 is 4.74 Å². The van der Waals surface area contributed by atoms with Crippen LogP contribution in [-0.4, -0.2) is 24.4 Å². The van der Waals surface area contributed by atoms with Crippen molar-refractivity contribution in [2.24, 2.45) is 0 Å². The molecule has 0 unspecified atom stereocenters. The number of rotatable bonds is 4. The largest absolute Gasteiger partial charge is 0.573 e. The summed E-state index contributed by atoms with van der Waals surface area (Å²) in [6.07, 6.45) is -8.66. The first-order valence-corrected chi connectivity index (χ1v) is 6.02. The Labute approximate surface area is 123 Å². The summed E-state index contributed by atoms with van der Waals surface area (Å²) in [6.45, 7) is 0. The number of alkyl halides is 5. The summed E-state index contributed by atoms with van der Waals surface area (Å²) in [4.78, 5) is 14.4. The lowest BCUT2D eigenvalue weighted by Crippen LogP contribution is -2.19. The summed E-state index contributed by atoms with van der Waals surface area (Å²) in [5, 5.41) is 0. The zero-order valence-electron chi connectivity index (χ0n) is 9.80. The van der Waals surface area contributed by atoms with Crippen molar-refractivity contribution < 1.29 is 36.2 Å². The fraction of sp³-hybridized carbons (Fsp3) is 0.400. The Morgan fingerprint density at radius 1 is 1.45 bits per heavy atom. The first kappa shape index (κ1) is 16.9. The third-order valence-electron chi connectivity index (χ3n) is 2.05. The Balaban J connectivity index is 3.23. The summed E-state index contributed by atoms with van der Waals surface area (Å²) < 4.78 is 69.5. The van der Waals surface area contributed by atoms with E-state index in [1.807, 2.05) is 0 Å². The van der Waals surface area contributed by atoms with E-state index in [0.29, 0.717) is 6.07 Å². The molecule has 0 saturated heterocycles. The molecular formula is C10H7F5INO3. The van der Waals surface area contributed by atoms with Crippen LogP contribution in [0.2, 0.25) is 0 Å². The molecular weight excluding hydrogens is 404 g/mol. The van der Waals surface area contributed by atoms with Gasteiger partial charge in [0, 0.05) is 0 Å². The van der Waals surface area contributed by atoms with Crippen molar-refractivity contribution in [3.63, 3.8) is 0 Å². The topological polar surface area (TPSA) is 48.4 Å². The summed E-state index contributed by atoms with van der Waals surface area (Å²) >= 11 is 1.33. The molecule has 0 fully saturated rings. The number of hydrogen-bond acceptors (Lipinski definition) is 4. The van der Waals surface area contributed by atoms with Crippen LogP contribution in [0.25, 0.3) is 0 Å². The number of ether oxygens (including phenoxy) is 2. The van der Waals surface area contributed by atoms with Gasteiger partial charge in [-0.05, 0) is 34.2 Å². The predicted molar refractivity (Wildman–Crippen MR) is 64.3 cm³/mol. The van der Waals surface area contributed by atoms with Gasteiger partial charge in [-0.15, -0.1) is 13.2 Å². The highest BCUT2D eigenvalue weighted by molar-refractivity contribution is 14.1. The zero-order valence-corrected chi connectivity index (χ0v) is 12.0. The molecule has 4 nitrogen and oxygen atoms in total. The van der Waals surface area contributed by atoms with Gasteiger partial charge in [-0.1, -0.05) is 0 Å². The molecule has 1 rings (SSSR count). The molecule has 0 aromatic carbocycles. The Morgan fingerprint density at radius 2 is 2.05 bits per heavy atom. The van der Waals surface area contributed by atoms with Gasteiger partial charge in [0.25, 0.3) is 6.43 Å². The van der Waals surface area contributed by atoms with E-state index >= 15 is 0 Å². The van der Waals surface area contributed by atoms with Gasteiger partial charge in [0.2, 0.25) is 0 Å². The first-order chi connectivity index (χ1) is 9.14.